The summed E-state index contributed by atoms with van der Waals surface area (Å²) >= 11 is 0. The van der Waals surface area contributed by atoms with Crippen LogP contribution in [0.3, 0.4) is 0 Å². The van der Waals surface area contributed by atoms with Crippen LogP contribution in [0.15, 0.2) is 60.7 Å². The number of benzene rings is 2. The minimum absolute atomic E-state index is 0.152. The van der Waals surface area contributed by atoms with E-state index in [1.165, 1.54) is 0 Å². The molecule has 0 heterocycles. The van der Waals surface area contributed by atoms with Crippen LogP contribution in [0.1, 0.15) is 11.1 Å². The highest BCUT2D eigenvalue weighted by Crippen LogP contribution is 2.30. The summed E-state index contributed by atoms with van der Waals surface area (Å²) in [7, 11) is 0. The van der Waals surface area contributed by atoms with Crippen molar-refractivity contribution >= 4 is 5.97 Å². The molecule has 20 heavy (non-hydrogen) atoms. The molecule has 0 amide bonds. The van der Waals surface area contributed by atoms with E-state index in [1.54, 1.807) is 60.7 Å². The highest BCUT2D eigenvalue weighted by Gasteiger charge is 2.41. The second-order valence-electron chi connectivity index (χ2n) is 4.30. The van der Waals surface area contributed by atoms with Crippen LogP contribution in [0.5, 0.6) is 0 Å². The van der Waals surface area contributed by atoms with E-state index in [0.717, 1.165) is 0 Å². The van der Waals surface area contributed by atoms with Gasteiger partial charge in [0.05, 0.1) is 6.61 Å². The zero-order chi connectivity index (χ0) is 14.4. The molecule has 0 radical (unpaired) electrons. The summed E-state index contributed by atoms with van der Waals surface area (Å²) in [6, 6.07) is 17.2. The zero-order valence-corrected chi connectivity index (χ0v) is 10.9. The Balaban J connectivity index is 2.46. The van der Waals surface area contributed by atoms with Gasteiger partial charge in [-0.05, 0) is 11.1 Å². The first-order valence-electron chi connectivity index (χ1n) is 6.31. The van der Waals surface area contributed by atoms with Gasteiger partial charge >= 0.3 is 5.97 Å². The Morgan fingerprint density at radius 1 is 0.950 bits per heavy atom. The SMILES string of the molecule is O=C(OCCO)C(O)(c1ccccc1)c1ccccc1. The third-order valence-corrected chi connectivity index (χ3v) is 3.00. The molecule has 0 saturated heterocycles. The van der Waals surface area contributed by atoms with Gasteiger partial charge in [0.25, 0.3) is 0 Å². The molecule has 0 aromatic heterocycles. The predicted molar refractivity (Wildman–Crippen MR) is 73.9 cm³/mol. The Morgan fingerprint density at radius 2 is 1.40 bits per heavy atom. The monoisotopic (exact) mass is 272 g/mol. The molecule has 0 aliphatic heterocycles. The number of carbonyl (C=O) groups is 1. The van der Waals surface area contributed by atoms with Crippen molar-refractivity contribution in [3.63, 3.8) is 0 Å². The van der Waals surface area contributed by atoms with Crippen molar-refractivity contribution in [3.05, 3.63) is 71.8 Å². The molecule has 0 aliphatic rings. The number of rotatable bonds is 5. The Bertz CT molecular complexity index is 512. The lowest BCUT2D eigenvalue weighted by molar-refractivity contribution is -0.163. The second-order valence-corrected chi connectivity index (χ2v) is 4.30. The van der Waals surface area contributed by atoms with Crippen LogP contribution < -0.4 is 0 Å². The van der Waals surface area contributed by atoms with Gasteiger partial charge in [0.1, 0.15) is 6.61 Å². The number of esters is 1. The molecule has 104 valence electrons. The fourth-order valence-corrected chi connectivity index (χ4v) is 2.00. The largest absolute Gasteiger partial charge is 0.461 e. The molecule has 2 N–H and O–H groups in total. The summed E-state index contributed by atoms with van der Waals surface area (Å²) in [6.07, 6.45) is 0. The van der Waals surface area contributed by atoms with Crippen molar-refractivity contribution in [3.8, 4) is 0 Å². The van der Waals surface area contributed by atoms with E-state index in [9.17, 15) is 9.90 Å². The number of hydrogen-bond acceptors (Lipinski definition) is 4. The molecule has 0 aliphatic carbocycles. The molecular weight excluding hydrogens is 256 g/mol. The number of aliphatic hydroxyl groups is 2. The lowest BCUT2D eigenvalue weighted by Gasteiger charge is -2.26. The highest BCUT2D eigenvalue weighted by atomic mass is 16.6. The second kappa shape index (κ2) is 6.32. The molecule has 2 rings (SSSR count). The van der Waals surface area contributed by atoms with Crippen LogP contribution in [0.25, 0.3) is 0 Å². The third-order valence-electron chi connectivity index (χ3n) is 3.00. The molecule has 2 aromatic rings. The van der Waals surface area contributed by atoms with Crippen LogP contribution in [0, 0.1) is 0 Å². The van der Waals surface area contributed by atoms with E-state index < -0.39 is 11.6 Å². The Morgan fingerprint density at radius 3 is 1.80 bits per heavy atom. The van der Waals surface area contributed by atoms with Gasteiger partial charge in [0.2, 0.25) is 5.60 Å². The van der Waals surface area contributed by atoms with Crippen LogP contribution in [0.4, 0.5) is 0 Å². The summed E-state index contributed by atoms with van der Waals surface area (Å²) in [5, 5.41) is 19.7. The molecule has 0 bridgehead atoms. The summed E-state index contributed by atoms with van der Waals surface area (Å²) in [5.41, 5.74) is -1.03. The normalized spacial score (nSPS) is 11.1. The first kappa shape index (κ1) is 14.2. The van der Waals surface area contributed by atoms with Gasteiger partial charge in [-0.15, -0.1) is 0 Å². The van der Waals surface area contributed by atoms with Gasteiger partial charge in [0, 0.05) is 0 Å². The van der Waals surface area contributed by atoms with Gasteiger partial charge in [-0.3, -0.25) is 0 Å². The maximum atomic E-state index is 12.2. The van der Waals surface area contributed by atoms with Crippen LogP contribution >= 0.6 is 0 Å². The van der Waals surface area contributed by atoms with Crippen LogP contribution in [0.2, 0.25) is 0 Å². The maximum Gasteiger partial charge on any atom is 0.347 e. The number of hydrogen-bond donors (Lipinski definition) is 2. The van der Waals surface area contributed by atoms with Crippen molar-refractivity contribution in [1.82, 2.24) is 0 Å². The van der Waals surface area contributed by atoms with Crippen molar-refractivity contribution < 1.29 is 19.7 Å². The Hall–Kier alpha value is -2.17. The lowest BCUT2D eigenvalue weighted by atomic mass is 9.86. The molecule has 2 aromatic carbocycles. The summed E-state index contributed by atoms with van der Waals surface area (Å²) in [4.78, 5) is 12.2. The first-order chi connectivity index (χ1) is 9.69. The number of aliphatic hydroxyl groups excluding tert-OH is 1. The molecule has 0 saturated carbocycles. The van der Waals surface area contributed by atoms with Gasteiger partial charge in [0.15, 0.2) is 0 Å². The van der Waals surface area contributed by atoms with Crippen molar-refractivity contribution in [1.29, 1.82) is 0 Å². The average molecular weight is 272 g/mol. The van der Waals surface area contributed by atoms with Crippen molar-refractivity contribution in [2.75, 3.05) is 13.2 Å². The molecule has 4 nitrogen and oxygen atoms in total. The lowest BCUT2D eigenvalue weighted by Crippen LogP contribution is -2.39. The smallest absolute Gasteiger partial charge is 0.347 e. The van der Waals surface area contributed by atoms with E-state index in [2.05, 4.69) is 0 Å². The fraction of sp³-hybridized carbons (Fsp3) is 0.188. The van der Waals surface area contributed by atoms with Gasteiger partial charge in [-0.1, -0.05) is 60.7 Å². The van der Waals surface area contributed by atoms with E-state index in [-0.39, 0.29) is 13.2 Å². The third kappa shape index (κ3) is 2.71. The zero-order valence-electron chi connectivity index (χ0n) is 10.9. The quantitative estimate of drug-likeness (QED) is 0.809. The van der Waals surface area contributed by atoms with E-state index >= 15 is 0 Å². The molecule has 0 spiro atoms. The topological polar surface area (TPSA) is 66.8 Å². The minimum Gasteiger partial charge on any atom is -0.461 e. The maximum absolute atomic E-state index is 12.2. The number of ether oxygens (including phenoxy) is 1. The van der Waals surface area contributed by atoms with E-state index in [1.807, 2.05) is 0 Å². The molecule has 0 unspecified atom stereocenters. The summed E-state index contributed by atoms with van der Waals surface area (Å²) < 4.78 is 4.93. The first-order valence-corrected chi connectivity index (χ1v) is 6.31. The van der Waals surface area contributed by atoms with Crippen molar-refractivity contribution in [2.24, 2.45) is 0 Å². The van der Waals surface area contributed by atoms with Crippen LogP contribution in [-0.2, 0) is 15.1 Å². The molecule has 4 heteroatoms. The molecule has 0 atom stereocenters. The Kier molecular flexibility index (Phi) is 4.50. The average Bonchev–Trinajstić information content (AvgIpc) is 2.53. The minimum atomic E-state index is -1.88. The number of carbonyl (C=O) groups excluding carboxylic acids is 1. The van der Waals surface area contributed by atoms with E-state index in [0.29, 0.717) is 11.1 Å². The highest BCUT2D eigenvalue weighted by molar-refractivity contribution is 5.85. The fourth-order valence-electron chi connectivity index (χ4n) is 2.00. The summed E-state index contributed by atoms with van der Waals surface area (Å²) in [5.74, 6) is -0.802. The van der Waals surface area contributed by atoms with Crippen molar-refractivity contribution in [2.45, 2.75) is 5.60 Å². The molecule has 0 fully saturated rings. The predicted octanol–water partition coefficient (Wildman–Crippen LogP) is 1.46. The van der Waals surface area contributed by atoms with Gasteiger partial charge < -0.3 is 14.9 Å². The van der Waals surface area contributed by atoms with Gasteiger partial charge in [-0.25, -0.2) is 4.79 Å². The molecular formula is C16H16O4. The van der Waals surface area contributed by atoms with E-state index in [4.69, 9.17) is 9.84 Å². The Labute approximate surface area is 117 Å². The van der Waals surface area contributed by atoms with Gasteiger partial charge in [-0.2, -0.15) is 0 Å². The summed E-state index contributed by atoms with van der Waals surface area (Å²) in [6.45, 7) is -0.438. The standard InChI is InChI=1S/C16H16O4/c17-11-12-20-15(18)16(19,13-7-3-1-4-8-13)14-9-5-2-6-10-14/h1-10,17,19H,11-12H2. The van der Waals surface area contributed by atoms with Crippen LogP contribution in [-0.4, -0.2) is 29.4 Å².